The molecule has 3 rings (SSSR count). The van der Waals surface area contributed by atoms with Gasteiger partial charge in [0.05, 0.1) is 0 Å². The Balaban J connectivity index is 1.61. The van der Waals surface area contributed by atoms with Gasteiger partial charge in [-0.2, -0.15) is 0 Å². The lowest BCUT2D eigenvalue weighted by Gasteiger charge is -2.42. The summed E-state index contributed by atoms with van der Waals surface area (Å²) in [6.07, 6.45) is 3.51. The monoisotopic (exact) mass is 364 g/mol. The minimum absolute atomic E-state index is 0.218. The van der Waals surface area contributed by atoms with Gasteiger partial charge >= 0.3 is 6.03 Å². The zero-order valence-electron chi connectivity index (χ0n) is 15.3. The van der Waals surface area contributed by atoms with Gasteiger partial charge < -0.3 is 15.5 Å². The van der Waals surface area contributed by atoms with Crippen LogP contribution in [0.2, 0.25) is 5.02 Å². The van der Waals surface area contributed by atoms with Gasteiger partial charge in [-0.05, 0) is 56.4 Å². The zero-order valence-corrected chi connectivity index (χ0v) is 16.1. The first-order chi connectivity index (χ1) is 12.0. The largest absolute Gasteiger partial charge is 0.398 e. The van der Waals surface area contributed by atoms with Gasteiger partial charge in [-0.3, -0.25) is 4.90 Å². The van der Waals surface area contributed by atoms with Crippen LogP contribution in [0.5, 0.6) is 0 Å². The highest BCUT2D eigenvalue weighted by atomic mass is 35.5. The van der Waals surface area contributed by atoms with Crippen LogP contribution < -0.4 is 5.73 Å². The van der Waals surface area contributed by atoms with Crippen molar-refractivity contribution in [2.45, 2.75) is 45.7 Å². The van der Waals surface area contributed by atoms with E-state index in [1.165, 1.54) is 12.0 Å². The number of hydrogen-bond donors (Lipinski definition) is 1. The molecule has 138 valence electrons. The molecule has 2 amide bonds. The number of likely N-dealkylation sites (tertiary alicyclic amines) is 1. The van der Waals surface area contributed by atoms with Crippen LogP contribution in [-0.4, -0.2) is 59.5 Å². The molecule has 25 heavy (non-hydrogen) atoms. The number of benzene rings is 1. The van der Waals surface area contributed by atoms with Gasteiger partial charge in [-0.1, -0.05) is 11.6 Å². The number of nitrogen functional groups attached to an aromatic ring is 1. The van der Waals surface area contributed by atoms with Crippen LogP contribution >= 0.6 is 11.6 Å². The van der Waals surface area contributed by atoms with E-state index >= 15 is 0 Å². The molecular formula is C19H29ClN4O. The molecule has 5 nitrogen and oxygen atoms in total. The van der Waals surface area contributed by atoms with E-state index in [1.54, 1.807) is 6.07 Å². The summed E-state index contributed by atoms with van der Waals surface area (Å²) in [4.78, 5) is 19.2. The number of nitrogens with two attached hydrogens (primary N) is 1. The van der Waals surface area contributed by atoms with Gasteiger partial charge in [0.2, 0.25) is 0 Å². The van der Waals surface area contributed by atoms with Crippen molar-refractivity contribution in [3.63, 3.8) is 0 Å². The van der Waals surface area contributed by atoms with Crippen LogP contribution in [0.1, 0.15) is 37.3 Å². The second kappa shape index (κ2) is 7.83. The molecule has 1 atom stereocenters. The normalized spacial score (nSPS) is 22.3. The van der Waals surface area contributed by atoms with Crippen LogP contribution in [0.3, 0.4) is 0 Å². The molecular weight excluding hydrogens is 336 g/mol. The molecule has 0 bridgehead atoms. The highest BCUT2D eigenvalue weighted by Crippen LogP contribution is 2.25. The Morgan fingerprint density at radius 3 is 2.60 bits per heavy atom. The molecule has 1 aromatic rings. The third-order valence-corrected chi connectivity index (χ3v) is 5.72. The fourth-order valence-corrected chi connectivity index (χ4v) is 4.14. The molecule has 1 unspecified atom stereocenters. The second-order valence-electron chi connectivity index (χ2n) is 7.39. The molecule has 0 spiro atoms. The summed E-state index contributed by atoms with van der Waals surface area (Å²) in [5.41, 5.74) is 9.06. The maximum atomic E-state index is 12.8. The van der Waals surface area contributed by atoms with E-state index in [-0.39, 0.29) is 12.1 Å². The Hall–Kier alpha value is -1.46. The van der Waals surface area contributed by atoms with Crippen LogP contribution in [0.4, 0.5) is 10.5 Å². The smallest absolute Gasteiger partial charge is 0.320 e. The van der Waals surface area contributed by atoms with Crippen molar-refractivity contribution in [1.82, 2.24) is 14.7 Å². The van der Waals surface area contributed by atoms with E-state index in [1.807, 2.05) is 22.8 Å². The number of piperazine rings is 1. The van der Waals surface area contributed by atoms with E-state index in [2.05, 4.69) is 11.8 Å². The molecule has 0 aromatic heterocycles. The van der Waals surface area contributed by atoms with E-state index in [0.29, 0.717) is 5.02 Å². The van der Waals surface area contributed by atoms with Gasteiger partial charge in [-0.15, -0.1) is 0 Å². The van der Waals surface area contributed by atoms with Gasteiger partial charge in [0.1, 0.15) is 0 Å². The Morgan fingerprint density at radius 2 is 1.92 bits per heavy atom. The topological polar surface area (TPSA) is 52.8 Å². The van der Waals surface area contributed by atoms with Crippen molar-refractivity contribution in [3.8, 4) is 0 Å². The fourth-order valence-electron chi connectivity index (χ4n) is 3.89. The standard InChI is InChI=1S/C19H29ClN4O/c1-14-12-22(13-16-10-17(20)11-18(21)15(16)2)8-9-24(14)19(25)23-6-4-3-5-7-23/h10-11,14H,3-9,12-13,21H2,1-2H3. The molecule has 0 radical (unpaired) electrons. The summed E-state index contributed by atoms with van der Waals surface area (Å²) in [7, 11) is 0. The summed E-state index contributed by atoms with van der Waals surface area (Å²) in [6, 6.07) is 4.25. The third kappa shape index (κ3) is 4.21. The van der Waals surface area contributed by atoms with Crippen LogP contribution in [0, 0.1) is 6.92 Å². The van der Waals surface area contributed by atoms with Gasteiger partial charge in [0, 0.05) is 56.0 Å². The average Bonchev–Trinajstić information content (AvgIpc) is 2.59. The molecule has 2 fully saturated rings. The summed E-state index contributed by atoms with van der Waals surface area (Å²) < 4.78 is 0. The van der Waals surface area contributed by atoms with E-state index in [0.717, 1.165) is 63.4 Å². The van der Waals surface area contributed by atoms with Crippen molar-refractivity contribution in [1.29, 1.82) is 0 Å². The van der Waals surface area contributed by atoms with Crippen LogP contribution in [-0.2, 0) is 6.54 Å². The predicted octanol–water partition coefficient (Wildman–Crippen LogP) is 3.34. The number of carbonyl (C=O) groups excluding carboxylic acids is 1. The SMILES string of the molecule is Cc1c(N)cc(Cl)cc1CN1CCN(C(=O)N2CCCCC2)C(C)C1. The number of rotatable bonds is 2. The summed E-state index contributed by atoms with van der Waals surface area (Å²) in [5, 5.41) is 0.685. The predicted molar refractivity (Wildman–Crippen MR) is 103 cm³/mol. The quantitative estimate of drug-likeness (QED) is 0.819. The first-order valence-electron chi connectivity index (χ1n) is 9.28. The number of amides is 2. The third-order valence-electron chi connectivity index (χ3n) is 5.50. The van der Waals surface area contributed by atoms with Gasteiger partial charge in [0.15, 0.2) is 0 Å². The number of piperidine rings is 1. The Kier molecular flexibility index (Phi) is 5.74. The number of hydrogen-bond acceptors (Lipinski definition) is 3. The Morgan fingerprint density at radius 1 is 1.20 bits per heavy atom. The molecule has 2 aliphatic rings. The number of nitrogens with zero attached hydrogens (tertiary/aromatic N) is 3. The first kappa shape index (κ1) is 18.3. The summed E-state index contributed by atoms with van der Waals surface area (Å²) in [6.45, 7) is 9.38. The molecule has 2 N–H and O–H groups in total. The lowest BCUT2D eigenvalue weighted by atomic mass is 10.1. The number of anilines is 1. The summed E-state index contributed by atoms with van der Waals surface area (Å²) in [5.74, 6) is 0. The highest BCUT2D eigenvalue weighted by Gasteiger charge is 2.31. The van der Waals surface area contributed by atoms with Gasteiger partial charge in [-0.25, -0.2) is 4.79 Å². The second-order valence-corrected chi connectivity index (χ2v) is 7.82. The van der Waals surface area contributed by atoms with Gasteiger partial charge in [0.25, 0.3) is 0 Å². The lowest BCUT2D eigenvalue weighted by Crippen LogP contribution is -2.57. The fraction of sp³-hybridized carbons (Fsp3) is 0.632. The maximum Gasteiger partial charge on any atom is 0.320 e. The number of urea groups is 1. The zero-order chi connectivity index (χ0) is 18.0. The Bertz CT molecular complexity index is 630. The molecule has 2 saturated heterocycles. The maximum absolute atomic E-state index is 12.8. The highest BCUT2D eigenvalue weighted by molar-refractivity contribution is 6.31. The molecule has 6 heteroatoms. The average molecular weight is 365 g/mol. The van der Waals surface area contributed by atoms with E-state index in [4.69, 9.17) is 17.3 Å². The van der Waals surface area contributed by atoms with Crippen LogP contribution in [0.25, 0.3) is 0 Å². The molecule has 0 saturated carbocycles. The molecule has 2 heterocycles. The van der Waals surface area contributed by atoms with Crippen molar-refractivity contribution in [2.24, 2.45) is 0 Å². The first-order valence-corrected chi connectivity index (χ1v) is 9.66. The minimum Gasteiger partial charge on any atom is -0.398 e. The van der Waals surface area contributed by atoms with Crippen molar-refractivity contribution >= 4 is 23.3 Å². The summed E-state index contributed by atoms with van der Waals surface area (Å²) >= 11 is 6.16. The molecule has 2 aliphatic heterocycles. The van der Waals surface area contributed by atoms with E-state index < -0.39 is 0 Å². The Labute approximate surface area is 155 Å². The minimum atomic E-state index is 0.218. The molecule has 1 aromatic carbocycles. The van der Waals surface area contributed by atoms with Crippen molar-refractivity contribution in [2.75, 3.05) is 38.5 Å². The molecule has 0 aliphatic carbocycles. The number of carbonyl (C=O) groups is 1. The van der Waals surface area contributed by atoms with Crippen molar-refractivity contribution < 1.29 is 4.79 Å². The van der Waals surface area contributed by atoms with Crippen LogP contribution in [0.15, 0.2) is 12.1 Å². The van der Waals surface area contributed by atoms with Crippen molar-refractivity contribution in [3.05, 3.63) is 28.3 Å². The number of halogens is 1. The van der Waals surface area contributed by atoms with E-state index in [9.17, 15) is 4.79 Å². The lowest BCUT2D eigenvalue weighted by molar-refractivity contribution is 0.0741.